The Labute approximate surface area is 179 Å². The zero-order chi connectivity index (χ0) is 21.0. The van der Waals surface area contributed by atoms with Gasteiger partial charge in [0.2, 0.25) is 0 Å². The highest BCUT2D eigenvalue weighted by Gasteiger charge is 2.18. The molecular formula is C21H18Cl2N2O3S. The van der Waals surface area contributed by atoms with E-state index in [1.807, 2.05) is 6.92 Å². The van der Waals surface area contributed by atoms with E-state index in [1.165, 1.54) is 18.2 Å². The molecule has 0 spiro atoms. The van der Waals surface area contributed by atoms with Crippen LogP contribution in [0.5, 0.6) is 0 Å². The van der Waals surface area contributed by atoms with Crippen LogP contribution < -0.4 is 10.0 Å². The topological polar surface area (TPSA) is 75.3 Å². The molecule has 5 nitrogen and oxygen atoms in total. The van der Waals surface area contributed by atoms with Crippen molar-refractivity contribution in [1.29, 1.82) is 0 Å². The predicted molar refractivity (Wildman–Crippen MR) is 116 cm³/mol. The lowest BCUT2D eigenvalue weighted by Gasteiger charge is -2.13. The monoisotopic (exact) mass is 448 g/mol. The molecule has 0 fully saturated rings. The van der Waals surface area contributed by atoms with Crippen LogP contribution in [0.2, 0.25) is 10.0 Å². The van der Waals surface area contributed by atoms with Crippen LogP contribution in [-0.2, 0) is 16.6 Å². The molecular weight excluding hydrogens is 431 g/mol. The number of nitrogens with one attached hydrogen (secondary N) is 2. The Morgan fingerprint density at radius 2 is 1.66 bits per heavy atom. The molecule has 150 valence electrons. The zero-order valence-electron chi connectivity index (χ0n) is 15.4. The Morgan fingerprint density at radius 1 is 0.966 bits per heavy atom. The van der Waals surface area contributed by atoms with Crippen molar-refractivity contribution in [1.82, 2.24) is 5.32 Å². The minimum atomic E-state index is -3.83. The summed E-state index contributed by atoms with van der Waals surface area (Å²) < 4.78 is 27.8. The summed E-state index contributed by atoms with van der Waals surface area (Å²) in [5, 5.41) is 3.68. The van der Waals surface area contributed by atoms with Gasteiger partial charge in [-0.3, -0.25) is 9.52 Å². The van der Waals surface area contributed by atoms with Crippen molar-refractivity contribution in [2.24, 2.45) is 0 Å². The third kappa shape index (κ3) is 5.29. The lowest BCUT2D eigenvalue weighted by molar-refractivity contribution is 0.0952. The fraction of sp³-hybridized carbons (Fsp3) is 0.0952. The van der Waals surface area contributed by atoms with E-state index >= 15 is 0 Å². The summed E-state index contributed by atoms with van der Waals surface area (Å²) in [7, 11) is -3.83. The van der Waals surface area contributed by atoms with Gasteiger partial charge in [-0.25, -0.2) is 8.42 Å². The van der Waals surface area contributed by atoms with Gasteiger partial charge in [0.25, 0.3) is 15.9 Å². The number of carbonyl (C=O) groups excluding carboxylic acids is 1. The maximum absolute atomic E-state index is 12.7. The third-order valence-electron chi connectivity index (χ3n) is 4.20. The second kappa shape index (κ2) is 8.86. The number of halogens is 2. The van der Waals surface area contributed by atoms with Crippen molar-refractivity contribution in [2.75, 3.05) is 4.72 Å². The molecule has 3 aromatic carbocycles. The van der Waals surface area contributed by atoms with Gasteiger partial charge >= 0.3 is 0 Å². The van der Waals surface area contributed by atoms with Gasteiger partial charge < -0.3 is 5.32 Å². The molecule has 0 bridgehead atoms. The normalized spacial score (nSPS) is 11.1. The largest absolute Gasteiger partial charge is 0.348 e. The van der Waals surface area contributed by atoms with Gasteiger partial charge in [-0.15, -0.1) is 0 Å². The van der Waals surface area contributed by atoms with E-state index in [0.29, 0.717) is 15.6 Å². The number of aryl methyl sites for hydroxylation is 1. The predicted octanol–water partition coefficient (Wildman–Crippen LogP) is 5.03. The number of carbonyl (C=O) groups is 1. The number of anilines is 1. The molecule has 0 saturated heterocycles. The van der Waals surface area contributed by atoms with Crippen molar-refractivity contribution >= 4 is 44.8 Å². The molecule has 0 aliphatic carbocycles. The lowest BCUT2D eigenvalue weighted by atomic mass is 10.1. The first kappa shape index (κ1) is 21.2. The van der Waals surface area contributed by atoms with Crippen molar-refractivity contribution in [3.63, 3.8) is 0 Å². The molecule has 3 rings (SSSR count). The molecule has 0 atom stereocenters. The van der Waals surface area contributed by atoms with Crippen molar-refractivity contribution in [3.8, 4) is 0 Å². The number of rotatable bonds is 6. The van der Waals surface area contributed by atoms with E-state index in [1.54, 1.807) is 48.5 Å². The Morgan fingerprint density at radius 3 is 2.34 bits per heavy atom. The Kier molecular flexibility index (Phi) is 6.47. The van der Waals surface area contributed by atoms with Crippen LogP contribution in [0.3, 0.4) is 0 Å². The van der Waals surface area contributed by atoms with Crippen LogP contribution >= 0.6 is 23.2 Å². The summed E-state index contributed by atoms with van der Waals surface area (Å²) in [6, 6.07) is 17.8. The maximum Gasteiger partial charge on any atom is 0.261 e. The molecule has 29 heavy (non-hydrogen) atoms. The average Bonchev–Trinajstić information content (AvgIpc) is 2.67. The number of hydrogen-bond donors (Lipinski definition) is 2. The number of hydrogen-bond acceptors (Lipinski definition) is 3. The van der Waals surface area contributed by atoms with Crippen LogP contribution in [0, 0.1) is 6.92 Å². The van der Waals surface area contributed by atoms with Crippen LogP contribution in [0.25, 0.3) is 0 Å². The van der Waals surface area contributed by atoms with Gasteiger partial charge in [-0.2, -0.15) is 0 Å². The second-order valence-electron chi connectivity index (χ2n) is 6.38. The molecule has 0 unspecified atom stereocenters. The average molecular weight is 449 g/mol. The summed E-state index contributed by atoms with van der Waals surface area (Å²) in [5.74, 6) is -0.432. The first-order valence-electron chi connectivity index (χ1n) is 8.67. The summed E-state index contributed by atoms with van der Waals surface area (Å²) >= 11 is 12.0. The van der Waals surface area contributed by atoms with E-state index in [2.05, 4.69) is 10.0 Å². The lowest BCUT2D eigenvalue weighted by Crippen LogP contribution is -2.25. The minimum Gasteiger partial charge on any atom is -0.348 e. The molecule has 1 amide bonds. The first-order chi connectivity index (χ1) is 13.8. The van der Waals surface area contributed by atoms with Gasteiger partial charge in [0.15, 0.2) is 0 Å². The molecule has 8 heteroatoms. The van der Waals surface area contributed by atoms with Crippen molar-refractivity contribution in [2.45, 2.75) is 18.4 Å². The Bertz CT molecular complexity index is 1150. The number of amides is 1. The standard InChI is InChI=1S/C21H18Cl2N2O3S/c1-14-6-10-17(11-7-14)29(27,28)25-20-5-3-2-4-18(20)21(26)24-13-15-8-9-16(22)12-19(15)23/h2-12,25H,13H2,1H3,(H,24,26). The van der Waals surface area contributed by atoms with E-state index in [-0.39, 0.29) is 22.7 Å². The van der Waals surface area contributed by atoms with Crippen LogP contribution in [0.15, 0.2) is 71.6 Å². The highest BCUT2D eigenvalue weighted by atomic mass is 35.5. The van der Waals surface area contributed by atoms with E-state index in [4.69, 9.17) is 23.2 Å². The first-order valence-corrected chi connectivity index (χ1v) is 10.9. The summed E-state index contributed by atoms with van der Waals surface area (Å²) in [6.45, 7) is 2.05. The maximum atomic E-state index is 12.7. The van der Waals surface area contributed by atoms with E-state index in [0.717, 1.165) is 5.56 Å². The fourth-order valence-corrected chi connectivity index (χ4v) is 4.18. The molecule has 3 aromatic rings. The van der Waals surface area contributed by atoms with Crippen LogP contribution in [0.4, 0.5) is 5.69 Å². The number of sulfonamides is 1. The second-order valence-corrected chi connectivity index (χ2v) is 8.91. The molecule has 0 aromatic heterocycles. The van der Waals surface area contributed by atoms with Gasteiger partial charge in [-0.1, -0.05) is 59.1 Å². The van der Waals surface area contributed by atoms with Gasteiger partial charge in [0.1, 0.15) is 0 Å². The summed E-state index contributed by atoms with van der Waals surface area (Å²) in [6.07, 6.45) is 0. The van der Waals surface area contributed by atoms with Gasteiger partial charge in [0.05, 0.1) is 16.1 Å². The van der Waals surface area contributed by atoms with Crippen molar-refractivity contribution in [3.05, 3.63) is 93.5 Å². The molecule has 0 aliphatic rings. The quantitative estimate of drug-likeness (QED) is 0.554. The number of para-hydroxylation sites is 1. The highest BCUT2D eigenvalue weighted by molar-refractivity contribution is 7.92. The smallest absolute Gasteiger partial charge is 0.261 e. The van der Waals surface area contributed by atoms with Crippen molar-refractivity contribution < 1.29 is 13.2 Å². The van der Waals surface area contributed by atoms with E-state index < -0.39 is 15.9 Å². The third-order valence-corrected chi connectivity index (χ3v) is 6.17. The molecule has 0 radical (unpaired) electrons. The highest BCUT2D eigenvalue weighted by Crippen LogP contribution is 2.23. The Balaban J connectivity index is 1.79. The molecule has 0 saturated carbocycles. The fourth-order valence-electron chi connectivity index (χ4n) is 2.63. The summed E-state index contributed by atoms with van der Waals surface area (Å²) in [5.41, 5.74) is 2.03. The Hall–Kier alpha value is -2.54. The molecule has 0 aliphatic heterocycles. The van der Waals surface area contributed by atoms with Gasteiger partial charge in [-0.05, 0) is 48.9 Å². The number of benzene rings is 3. The van der Waals surface area contributed by atoms with E-state index in [9.17, 15) is 13.2 Å². The zero-order valence-corrected chi connectivity index (χ0v) is 17.8. The molecule has 2 N–H and O–H groups in total. The molecule has 0 heterocycles. The van der Waals surface area contributed by atoms with Gasteiger partial charge in [0, 0.05) is 16.6 Å². The van der Waals surface area contributed by atoms with Crippen LogP contribution in [-0.4, -0.2) is 14.3 Å². The van der Waals surface area contributed by atoms with Crippen LogP contribution in [0.1, 0.15) is 21.5 Å². The SMILES string of the molecule is Cc1ccc(S(=O)(=O)Nc2ccccc2C(=O)NCc2ccc(Cl)cc2Cl)cc1. The summed E-state index contributed by atoms with van der Waals surface area (Å²) in [4.78, 5) is 12.8. The minimum absolute atomic E-state index is 0.117.